The van der Waals surface area contributed by atoms with Crippen LogP contribution in [0.1, 0.15) is 21.0 Å². The highest BCUT2D eigenvalue weighted by molar-refractivity contribution is 6.40. The number of hydrogen-bond acceptors (Lipinski definition) is 7. The molecule has 0 spiro atoms. The van der Waals surface area contributed by atoms with E-state index in [-0.39, 0.29) is 59.5 Å². The molecule has 10 nitrogen and oxygen atoms in total. The number of aromatic carboxylic acids is 1. The van der Waals surface area contributed by atoms with E-state index >= 15 is 0 Å². The fourth-order valence-corrected chi connectivity index (χ4v) is 8.11. The lowest BCUT2D eigenvalue weighted by Gasteiger charge is -2.14. The van der Waals surface area contributed by atoms with Gasteiger partial charge in [0.25, 0.3) is 11.4 Å². The van der Waals surface area contributed by atoms with Crippen LogP contribution in [0, 0.1) is 10.4 Å². The summed E-state index contributed by atoms with van der Waals surface area (Å²) in [6, 6.07) is 30.2. The number of esters is 1. The lowest BCUT2D eigenvalue weighted by Crippen LogP contribution is -2.29. The minimum atomic E-state index is -1.24. The standard InChI is InChI=1S/C22H13Cl3N2O3.C21H11Cl3N2O3/c1-30-22(28)18-11-14(12-5-2-3-6-15(12)23)13-9-10-27(29)21(20(13)26-18)19-16(24)7-4-8-17(19)25;22-14-5-2-1-4-11(14)13-10-17(21(27)28)25-19-12(13)8-9-26(29)20(19)18-15(23)6-3-7-16(18)24/h2-11H,1H3;1-10H,(H,27,28). The van der Waals surface area contributed by atoms with E-state index in [0.29, 0.717) is 58.1 Å². The Kier molecular flexibility index (Phi) is 12.1. The van der Waals surface area contributed by atoms with Crippen molar-refractivity contribution in [2.45, 2.75) is 0 Å². The van der Waals surface area contributed by atoms with E-state index in [1.54, 1.807) is 91.0 Å². The first kappa shape index (κ1) is 41.4. The maximum absolute atomic E-state index is 12.8. The molecule has 0 aliphatic heterocycles. The number of halogens is 6. The van der Waals surface area contributed by atoms with Crippen molar-refractivity contribution in [3.05, 3.63) is 174 Å². The third kappa shape index (κ3) is 8.03. The molecular formula is C43H24Cl6N4O6. The molecule has 0 unspecified atom stereocenters. The average Bonchev–Trinajstić information content (AvgIpc) is 3.21. The lowest BCUT2D eigenvalue weighted by molar-refractivity contribution is -0.592. The second-order valence-electron chi connectivity index (χ2n) is 12.6. The van der Waals surface area contributed by atoms with Crippen molar-refractivity contribution in [2.24, 2.45) is 0 Å². The molecule has 0 bridgehead atoms. The van der Waals surface area contributed by atoms with Gasteiger partial charge in [0.2, 0.25) is 0 Å². The quantitative estimate of drug-likeness (QED) is 0.0987. The van der Waals surface area contributed by atoms with Gasteiger partial charge in [-0.2, -0.15) is 9.46 Å². The van der Waals surface area contributed by atoms with Gasteiger partial charge >= 0.3 is 11.9 Å². The van der Waals surface area contributed by atoms with Crippen molar-refractivity contribution in [3.8, 4) is 44.8 Å². The second-order valence-corrected chi connectivity index (χ2v) is 15.0. The van der Waals surface area contributed by atoms with E-state index in [9.17, 15) is 25.1 Å². The topological polar surface area (TPSA) is 143 Å². The fraction of sp³-hybridized carbons (Fsp3) is 0.0233. The number of hydrogen-bond donors (Lipinski definition) is 1. The molecule has 0 saturated heterocycles. The van der Waals surface area contributed by atoms with E-state index in [1.165, 1.54) is 25.6 Å². The van der Waals surface area contributed by atoms with Crippen LogP contribution in [0.2, 0.25) is 30.1 Å². The largest absolute Gasteiger partial charge is 0.618 e. The molecule has 59 heavy (non-hydrogen) atoms. The van der Waals surface area contributed by atoms with Gasteiger partial charge in [-0.15, -0.1) is 0 Å². The predicted molar refractivity (Wildman–Crippen MR) is 232 cm³/mol. The minimum Gasteiger partial charge on any atom is -0.618 e. The number of fused-ring (bicyclic) bond motifs is 2. The number of ether oxygens (including phenoxy) is 1. The van der Waals surface area contributed by atoms with Crippen LogP contribution in [0.4, 0.5) is 0 Å². The molecule has 0 radical (unpaired) electrons. The number of carbonyl (C=O) groups excluding carboxylic acids is 1. The minimum absolute atomic E-state index is 0.0237. The van der Waals surface area contributed by atoms with Crippen molar-refractivity contribution in [3.63, 3.8) is 0 Å². The van der Waals surface area contributed by atoms with Gasteiger partial charge in [0.1, 0.15) is 22.4 Å². The third-order valence-corrected chi connectivity index (χ3v) is 11.0. The molecule has 8 aromatic rings. The van der Waals surface area contributed by atoms with Crippen LogP contribution in [-0.2, 0) is 4.74 Å². The van der Waals surface area contributed by atoms with Crippen molar-refractivity contribution in [1.29, 1.82) is 0 Å². The fourth-order valence-electron chi connectivity index (χ4n) is 6.48. The molecule has 4 heterocycles. The molecule has 0 saturated carbocycles. The Morgan fingerprint density at radius 2 is 0.915 bits per heavy atom. The Morgan fingerprint density at radius 1 is 0.542 bits per heavy atom. The predicted octanol–water partition coefficient (Wildman–Crippen LogP) is 11.8. The summed E-state index contributed by atoms with van der Waals surface area (Å²) in [4.78, 5) is 32.7. The molecule has 1 N–H and O–H groups in total. The Morgan fingerprint density at radius 3 is 1.31 bits per heavy atom. The Bertz CT molecular complexity index is 2960. The van der Waals surface area contributed by atoms with E-state index in [4.69, 9.17) is 74.3 Å². The summed E-state index contributed by atoms with van der Waals surface area (Å²) in [7, 11) is 1.26. The van der Waals surface area contributed by atoms with Crippen molar-refractivity contribution in [1.82, 2.24) is 9.97 Å². The molecule has 16 heteroatoms. The van der Waals surface area contributed by atoms with E-state index in [2.05, 4.69) is 9.97 Å². The number of aromatic nitrogens is 4. The number of carboxylic acids is 1. The third-order valence-electron chi connectivity index (χ3n) is 9.10. The highest BCUT2D eigenvalue weighted by Crippen LogP contribution is 2.41. The van der Waals surface area contributed by atoms with Gasteiger partial charge in [-0.05, 0) is 59.7 Å². The maximum Gasteiger partial charge on any atom is 0.356 e. The highest BCUT2D eigenvalue weighted by Gasteiger charge is 2.27. The number of carboxylic acid groups (broad SMARTS) is 1. The van der Waals surface area contributed by atoms with Gasteiger partial charge in [-0.25, -0.2) is 19.6 Å². The number of methoxy groups -OCH3 is 1. The zero-order valence-corrected chi connectivity index (χ0v) is 34.6. The van der Waals surface area contributed by atoms with Crippen molar-refractivity contribution in [2.75, 3.05) is 7.11 Å². The second kappa shape index (κ2) is 17.2. The molecule has 0 aliphatic rings. The summed E-state index contributed by atoms with van der Waals surface area (Å²) in [5.74, 6) is -1.89. The molecule has 0 atom stereocenters. The van der Waals surface area contributed by atoms with Crippen molar-refractivity contribution >= 4 is 103 Å². The first-order valence-corrected chi connectivity index (χ1v) is 19.4. The Labute approximate surface area is 365 Å². The summed E-state index contributed by atoms with van der Waals surface area (Å²) >= 11 is 38.1. The first-order chi connectivity index (χ1) is 28.3. The Hall–Kier alpha value is -5.72. The first-order valence-electron chi connectivity index (χ1n) is 17.1. The monoisotopic (exact) mass is 902 g/mol. The number of carbonyl (C=O) groups is 2. The molecular weight excluding hydrogens is 881 g/mol. The van der Waals surface area contributed by atoms with Crippen LogP contribution in [0.3, 0.4) is 0 Å². The van der Waals surface area contributed by atoms with Crippen LogP contribution < -0.4 is 9.46 Å². The lowest BCUT2D eigenvalue weighted by atomic mass is 9.98. The smallest absolute Gasteiger partial charge is 0.356 e. The number of rotatable bonds is 6. The van der Waals surface area contributed by atoms with Crippen LogP contribution in [0.15, 0.2) is 122 Å². The van der Waals surface area contributed by atoms with Crippen LogP contribution in [0.5, 0.6) is 0 Å². The highest BCUT2D eigenvalue weighted by atomic mass is 35.5. The van der Waals surface area contributed by atoms with Gasteiger partial charge in [0.05, 0.1) is 38.3 Å². The Balaban J connectivity index is 0.000000179. The number of nitrogens with zero attached hydrogens (tertiary/aromatic N) is 4. The van der Waals surface area contributed by atoms with Gasteiger partial charge in [0.15, 0.2) is 12.4 Å². The van der Waals surface area contributed by atoms with Crippen molar-refractivity contribution < 1.29 is 28.9 Å². The number of pyridine rings is 4. The molecule has 294 valence electrons. The summed E-state index contributed by atoms with van der Waals surface area (Å²) in [6.45, 7) is 0. The van der Waals surface area contributed by atoms with Crippen LogP contribution in [-0.4, -0.2) is 34.1 Å². The van der Waals surface area contributed by atoms with Gasteiger partial charge in [-0.1, -0.05) is 118 Å². The van der Waals surface area contributed by atoms with Gasteiger partial charge in [0, 0.05) is 44.1 Å². The average molecular weight is 905 g/mol. The molecule has 0 amide bonds. The van der Waals surface area contributed by atoms with Gasteiger partial charge in [-0.3, -0.25) is 0 Å². The summed E-state index contributed by atoms with van der Waals surface area (Å²) in [5, 5.41) is 38.3. The van der Waals surface area contributed by atoms with Gasteiger partial charge < -0.3 is 20.3 Å². The molecule has 4 aromatic heterocycles. The summed E-state index contributed by atoms with van der Waals surface area (Å²) < 4.78 is 6.06. The molecule has 4 aromatic carbocycles. The molecule has 8 rings (SSSR count). The van der Waals surface area contributed by atoms with E-state index in [1.807, 2.05) is 12.1 Å². The summed E-state index contributed by atoms with van der Waals surface area (Å²) in [6.07, 6.45) is 2.65. The molecule has 0 aliphatic carbocycles. The zero-order valence-electron chi connectivity index (χ0n) is 30.1. The maximum atomic E-state index is 12.8. The summed E-state index contributed by atoms with van der Waals surface area (Å²) in [5.41, 5.74) is 3.43. The molecule has 0 fully saturated rings. The van der Waals surface area contributed by atoms with E-state index < -0.39 is 11.9 Å². The SMILES string of the molecule is COC(=O)c1cc(-c2ccccc2Cl)c2cc[n+]([O-])c(-c3c(Cl)cccc3Cl)c2n1.O=C(O)c1cc(-c2ccccc2Cl)c2cc[n+]([O-])c(-c3c(Cl)cccc3Cl)c2n1. The van der Waals surface area contributed by atoms with Crippen LogP contribution in [0.25, 0.3) is 66.6 Å². The number of benzene rings is 4. The zero-order chi connectivity index (χ0) is 42.1. The van der Waals surface area contributed by atoms with Crippen LogP contribution >= 0.6 is 69.6 Å². The van der Waals surface area contributed by atoms with E-state index in [0.717, 1.165) is 0 Å². The normalized spacial score (nSPS) is 11.0.